The Kier molecular flexibility index (Phi) is 6.46. The number of fused-ring (bicyclic) bond motifs is 1. The van der Waals surface area contributed by atoms with Gasteiger partial charge in [-0.1, -0.05) is 47.7 Å². The molecule has 1 aliphatic heterocycles. The predicted octanol–water partition coefficient (Wildman–Crippen LogP) is 2.82. The minimum absolute atomic E-state index is 0.215. The first kappa shape index (κ1) is 22.5. The van der Waals surface area contributed by atoms with Crippen LogP contribution in [0.2, 0.25) is 0 Å². The Hall–Kier alpha value is -3.65. The summed E-state index contributed by atoms with van der Waals surface area (Å²) in [6, 6.07) is 14.1. The first-order chi connectivity index (χ1) is 16.0. The van der Waals surface area contributed by atoms with Crippen LogP contribution in [-0.2, 0) is 9.53 Å². The first-order valence-corrected chi connectivity index (χ1v) is 11.3. The van der Waals surface area contributed by atoms with Crippen molar-refractivity contribution in [1.82, 2.24) is 4.57 Å². The molecule has 1 aromatic heterocycles. The number of allylic oxidation sites excluding steroid dienone is 1. The van der Waals surface area contributed by atoms with Crippen LogP contribution >= 0.6 is 11.3 Å². The fourth-order valence-corrected chi connectivity index (χ4v) is 4.94. The van der Waals surface area contributed by atoms with Gasteiger partial charge in [0.05, 0.1) is 36.6 Å². The summed E-state index contributed by atoms with van der Waals surface area (Å²) in [7, 11) is 3.15. The third-order valence-corrected chi connectivity index (χ3v) is 6.36. The fraction of sp³-hybridized carbons (Fsp3) is 0.240. The van der Waals surface area contributed by atoms with Crippen LogP contribution in [-0.4, -0.2) is 31.4 Å². The Labute approximate surface area is 194 Å². The van der Waals surface area contributed by atoms with E-state index in [0.717, 1.165) is 5.56 Å². The van der Waals surface area contributed by atoms with Crippen molar-refractivity contribution in [3.05, 3.63) is 90.6 Å². The summed E-state index contributed by atoms with van der Waals surface area (Å²) in [6.45, 7) is 3.72. The molecule has 0 N–H and O–H groups in total. The summed E-state index contributed by atoms with van der Waals surface area (Å²) < 4.78 is 18.4. The number of ether oxygens (including phenoxy) is 3. The number of aromatic nitrogens is 1. The van der Waals surface area contributed by atoms with E-state index < -0.39 is 12.0 Å². The third kappa shape index (κ3) is 4.09. The maximum atomic E-state index is 13.7. The van der Waals surface area contributed by atoms with Crippen LogP contribution in [0, 0.1) is 0 Å². The highest BCUT2D eigenvalue weighted by Gasteiger charge is 2.34. The number of esters is 1. The lowest BCUT2D eigenvalue weighted by atomic mass is 9.95. The minimum Gasteiger partial charge on any atom is -0.496 e. The average molecular weight is 465 g/mol. The van der Waals surface area contributed by atoms with Crippen LogP contribution in [0.1, 0.15) is 31.0 Å². The molecular formula is C25H24N2O5S. The van der Waals surface area contributed by atoms with Gasteiger partial charge in [0.1, 0.15) is 17.5 Å². The van der Waals surface area contributed by atoms with E-state index in [4.69, 9.17) is 14.2 Å². The summed E-state index contributed by atoms with van der Waals surface area (Å²) in [6.07, 6.45) is 1.78. The highest BCUT2D eigenvalue weighted by molar-refractivity contribution is 7.07. The van der Waals surface area contributed by atoms with E-state index in [1.165, 1.54) is 11.3 Å². The Morgan fingerprint density at radius 3 is 2.45 bits per heavy atom. The SMILES string of the molecule is CCOC(=O)C1=C(C)N=c2sc(=Cc3ccccc3OC)c(=O)n2C1c1ccccc1OC. The van der Waals surface area contributed by atoms with Crippen molar-refractivity contribution in [3.8, 4) is 11.5 Å². The Morgan fingerprint density at radius 2 is 1.76 bits per heavy atom. The molecular weight excluding hydrogens is 440 g/mol. The third-order valence-electron chi connectivity index (χ3n) is 5.38. The van der Waals surface area contributed by atoms with Gasteiger partial charge in [0.15, 0.2) is 4.80 Å². The monoisotopic (exact) mass is 464 g/mol. The van der Waals surface area contributed by atoms with Crippen molar-refractivity contribution in [2.75, 3.05) is 20.8 Å². The zero-order valence-corrected chi connectivity index (χ0v) is 19.6. The van der Waals surface area contributed by atoms with Gasteiger partial charge in [0.2, 0.25) is 0 Å². The molecule has 2 heterocycles. The molecule has 0 radical (unpaired) electrons. The molecule has 0 fully saturated rings. The topological polar surface area (TPSA) is 79.1 Å². The Bertz CT molecular complexity index is 1420. The maximum absolute atomic E-state index is 13.7. The summed E-state index contributed by atoms with van der Waals surface area (Å²) in [4.78, 5) is 31.7. The molecule has 2 aromatic carbocycles. The molecule has 0 bridgehead atoms. The smallest absolute Gasteiger partial charge is 0.338 e. The molecule has 7 nitrogen and oxygen atoms in total. The van der Waals surface area contributed by atoms with Crippen molar-refractivity contribution in [3.63, 3.8) is 0 Å². The zero-order valence-electron chi connectivity index (χ0n) is 18.8. The molecule has 1 atom stereocenters. The number of methoxy groups -OCH3 is 2. The van der Waals surface area contributed by atoms with Crippen molar-refractivity contribution in [1.29, 1.82) is 0 Å². The molecule has 33 heavy (non-hydrogen) atoms. The Balaban J connectivity index is 2.00. The number of carbonyl (C=O) groups excluding carboxylic acids is 1. The molecule has 3 aromatic rings. The molecule has 170 valence electrons. The molecule has 0 amide bonds. The second-order valence-electron chi connectivity index (χ2n) is 7.29. The lowest BCUT2D eigenvalue weighted by Gasteiger charge is -2.25. The number of rotatable bonds is 6. The number of nitrogens with zero attached hydrogens (tertiary/aromatic N) is 2. The van der Waals surface area contributed by atoms with Crippen molar-refractivity contribution < 1.29 is 19.0 Å². The number of carbonyl (C=O) groups is 1. The molecule has 4 rings (SSSR count). The van der Waals surface area contributed by atoms with Crippen LogP contribution in [0.4, 0.5) is 0 Å². The van der Waals surface area contributed by atoms with Crippen molar-refractivity contribution >= 4 is 23.4 Å². The fourth-order valence-electron chi connectivity index (χ4n) is 3.90. The van der Waals surface area contributed by atoms with Gasteiger partial charge in [-0.25, -0.2) is 9.79 Å². The normalized spacial score (nSPS) is 15.6. The number of thiazole rings is 1. The highest BCUT2D eigenvalue weighted by atomic mass is 32.1. The van der Waals surface area contributed by atoms with E-state index in [1.807, 2.05) is 42.5 Å². The van der Waals surface area contributed by atoms with Crippen LogP contribution in [0.15, 0.2) is 69.6 Å². The predicted molar refractivity (Wildman–Crippen MR) is 126 cm³/mol. The molecule has 1 unspecified atom stereocenters. The van der Waals surface area contributed by atoms with Crippen LogP contribution in [0.25, 0.3) is 6.08 Å². The number of hydrogen-bond acceptors (Lipinski definition) is 7. The van der Waals surface area contributed by atoms with E-state index in [0.29, 0.717) is 37.7 Å². The molecule has 8 heteroatoms. The second kappa shape index (κ2) is 9.46. The van der Waals surface area contributed by atoms with Crippen LogP contribution < -0.4 is 24.4 Å². The highest BCUT2D eigenvalue weighted by Crippen LogP contribution is 2.35. The summed E-state index contributed by atoms with van der Waals surface area (Å²) >= 11 is 1.26. The van der Waals surface area contributed by atoms with Gasteiger partial charge in [0, 0.05) is 11.1 Å². The quantitative estimate of drug-likeness (QED) is 0.524. The first-order valence-electron chi connectivity index (χ1n) is 10.5. The van der Waals surface area contributed by atoms with Gasteiger partial charge in [-0.3, -0.25) is 9.36 Å². The lowest BCUT2D eigenvalue weighted by Crippen LogP contribution is -2.40. The Morgan fingerprint density at radius 1 is 1.09 bits per heavy atom. The van der Waals surface area contributed by atoms with Gasteiger partial charge in [-0.15, -0.1) is 0 Å². The summed E-state index contributed by atoms with van der Waals surface area (Å²) in [5, 5.41) is 0. The van der Waals surface area contributed by atoms with Gasteiger partial charge >= 0.3 is 5.97 Å². The van der Waals surface area contributed by atoms with E-state index in [2.05, 4.69) is 4.99 Å². The average Bonchev–Trinajstić information content (AvgIpc) is 3.13. The van der Waals surface area contributed by atoms with Gasteiger partial charge < -0.3 is 14.2 Å². The number of benzene rings is 2. The van der Waals surface area contributed by atoms with Crippen LogP contribution in [0.3, 0.4) is 0 Å². The van der Waals surface area contributed by atoms with Crippen molar-refractivity contribution in [2.24, 2.45) is 4.99 Å². The number of hydrogen-bond donors (Lipinski definition) is 0. The molecule has 0 saturated heterocycles. The molecule has 0 aliphatic carbocycles. The van der Waals surface area contributed by atoms with Gasteiger partial charge in [-0.2, -0.15) is 0 Å². The molecule has 0 spiro atoms. The van der Waals surface area contributed by atoms with Crippen LogP contribution in [0.5, 0.6) is 11.5 Å². The maximum Gasteiger partial charge on any atom is 0.338 e. The van der Waals surface area contributed by atoms with E-state index in [1.54, 1.807) is 44.8 Å². The zero-order chi connectivity index (χ0) is 23.5. The summed E-state index contributed by atoms with van der Waals surface area (Å²) in [5.74, 6) is 0.722. The number of para-hydroxylation sites is 2. The largest absolute Gasteiger partial charge is 0.496 e. The van der Waals surface area contributed by atoms with E-state index in [-0.39, 0.29) is 12.2 Å². The van der Waals surface area contributed by atoms with E-state index in [9.17, 15) is 9.59 Å². The minimum atomic E-state index is -0.726. The standard InChI is InChI=1S/C25H24N2O5S/c1-5-32-24(29)21-15(2)26-25-27(22(21)17-11-7-9-13-19(17)31-4)23(28)20(33-25)14-16-10-6-8-12-18(16)30-3/h6-14,22H,5H2,1-4H3. The van der Waals surface area contributed by atoms with Gasteiger partial charge in [0.25, 0.3) is 5.56 Å². The lowest BCUT2D eigenvalue weighted by molar-refractivity contribution is -0.139. The molecule has 1 aliphatic rings. The van der Waals surface area contributed by atoms with E-state index >= 15 is 0 Å². The summed E-state index contributed by atoms with van der Waals surface area (Å²) in [5.41, 5.74) is 2.03. The van der Waals surface area contributed by atoms with Crippen molar-refractivity contribution in [2.45, 2.75) is 19.9 Å². The van der Waals surface area contributed by atoms with Gasteiger partial charge in [-0.05, 0) is 32.1 Å². The second-order valence-corrected chi connectivity index (χ2v) is 8.30. The molecule has 0 saturated carbocycles.